The highest BCUT2D eigenvalue weighted by Crippen LogP contribution is 2.45. The van der Waals surface area contributed by atoms with Crippen LogP contribution in [0.1, 0.15) is 43.9 Å². The van der Waals surface area contributed by atoms with E-state index in [0.717, 1.165) is 50.3 Å². The van der Waals surface area contributed by atoms with Gasteiger partial charge in [0.15, 0.2) is 5.82 Å². The molecule has 1 atom stereocenters. The Morgan fingerprint density at radius 1 is 1.17 bits per heavy atom. The van der Waals surface area contributed by atoms with Crippen LogP contribution in [-0.2, 0) is 11.3 Å². The van der Waals surface area contributed by atoms with Crippen LogP contribution in [0, 0.1) is 24.2 Å². The normalized spacial score (nSPS) is 26.9. The van der Waals surface area contributed by atoms with E-state index >= 15 is 0 Å². The molecule has 3 aliphatic rings. The monoisotopic (exact) mass is 551 g/mol. The maximum Gasteiger partial charge on any atom is 0.309 e. The predicted molar refractivity (Wildman–Crippen MR) is 144 cm³/mol. The number of hydrogen-bond acceptors (Lipinski definition) is 6. The number of aromatic nitrogens is 2. The first-order valence-electron chi connectivity index (χ1n) is 12.6. The fourth-order valence-corrected chi connectivity index (χ4v) is 6.42. The zero-order valence-electron chi connectivity index (χ0n) is 20.6. The molecule has 36 heavy (non-hydrogen) atoms. The summed E-state index contributed by atoms with van der Waals surface area (Å²) in [6.45, 7) is 8.26. The number of nitrogens with zero attached hydrogens (tertiary/aromatic N) is 4. The number of halogens is 3. The standard InChI is InChI=1S/C26H32Cl3N5O2/c1-15-22(29)23(30-11-16-5-6-19(27)8-21(16)28)32-25(31-15)34-13-18(14-34)17-4-3-7-33(12-17)20-9-26(2,10-20)24(35)36/h5-6,8,17-18,20H,3-4,7,9-14H2,1-2H3,(H,35,36)(H,30,31,32)/t17-,20?,26?/m0/s1. The SMILES string of the molecule is Cc1nc(N2CC([C@H]3CCCN(C4CC(C)(C(=O)O)C4)C3)C2)nc(NCc2ccc(Cl)cc2Cl)c1Cl. The third kappa shape index (κ3) is 5.13. The van der Waals surface area contributed by atoms with E-state index in [-0.39, 0.29) is 0 Å². The summed E-state index contributed by atoms with van der Waals surface area (Å²) in [5.74, 6) is 1.86. The van der Waals surface area contributed by atoms with Crippen LogP contribution in [0.2, 0.25) is 15.1 Å². The summed E-state index contributed by atoms with van der Waals surface area (Å²) in [6.07, 6.45) is 3.94. The molecule has 1 saturated carbocycles. The fourth-order valence-electron chi connectivity index (χ4n) is 5.79. The molecule has 5 rings (SSSR count). The van der Waals surface area contributed by atoms with Crippen molar-refractivity contribution in [3.8, 4) is 0 Å². The van der Waals surface area contributed by atoms with Crippen LogP contribution in [0.3, 0.4) is 0 Å². The lowest BCUT2D eigenvalue weighted by Crippen LogP contribution is -2.58. The number of nitrogens with one attached hydrogen (secondary N) is 1. The van der Waals surface area contributed by atoms with Crippen LogP contribution in [0.5, 0.6) is 0 Å². The van der Waals surface area contributed by atoms with Gasteiger partial charge in [-0.1, -0.05) is 40.9 Å². The average Bonchev–Trinajstić information content (AvgIpc) is 2.78. The van der Waals surface area contributed by atoms with E-state index in [1.165, 1.54) is 12.8 Å². The summed E-state index contributed by atoms with van der Waals surface area (Å²) in [5.41, 5.74) is 1.11. The highest BCUT2D eigenvalue weighted by atomic mass is 35.5. The third-order valence-electron chi connectivity index (χ3n) is 8.22. The molecule has 1 aliphatic carbocycles. The number of carbonyl (C=O) groups is 1. The summed E-state index contributed by atoms with van der Waals surface area (Å²) in [7, 11) is 0. The van der Waals surface area contributed by atoms with Crippen molar-refractivity contribution in [2.24, 2.45) is 17.3 Å². The van der Waals surface area contributed by atoms with Crippen molar-refractivity contribution in [1.82, 2.24) is 14.9 Å². The highest BCUT2D eigenvalue weighted by molar-refractivity contribution is 6.35. The first kappa shape index (κ1) is 25.8. The van der Waals surface area contributed by atoms with Gasteiger partial charge in [-0.25, -0.2) is 4.98 Å². The lowest BCUT2D eigenvalue weighted by molar-refractivity contribution is -0.158. The van der Waals surface area contributed by atoms with Crippen LogP contribution < -0.4 is 10.2 Å². The van der Waals surface area contributed by atoms with E-state index in [1.807, 2.05) is 26.0 Å². The van der Waals surface area contributed by atoms with Crippen LogP contribution >= 0.6 is 34.8 Å². The quantitative estimate of drug-likeness (QED) is 0.452. The van der Waals surface area contributed by atoms with Crippen molar-refractivity contribution < 1.29 is 9.90 Å². The van der Waals surface area contributed by atoms with E-state index in [0.29, 0.717) is 51.3 Å². The van der Waals surface area contributed by atoms with Crippen molar-refractivity contribution in [2.75, 3.05) is 36.4 Å². The Morgan fingerprint density at radius 3 is 2.61 bits per heavy atom. The molecule has 0 bridgehead atoms. The summed E-state index contributed by atoms with van der Waals surface area (Å²) in [6, 6.07) is 5.83. The minimum atomic E-state index is -0.662. The largest absolute Gasteiger partial charge is 0.481 e. The summed E-state index contributed by atoms with van der Waals surface area (Å²) in [4.78, 5) is 25.6. The average molecular weight is 553 g/mol. The molecule has 3 fully saturated rings. The number of carboxylic acid groups (broad SMARTS) is 1. The van der Waals surface area contributed by atoms with Gasteiger partial charge in [0.2, 0.25) is 5.95 Å². The first-order valence-corrected chi connectivity index (χ1v) is 13.7. The molecular weight excluding hydrogens is 521 g/mol. The van der Waals surface area contributed by atoms with E-state index in [2.05, 4.69) is 20.1 Å². The van der Waals surface area contributed by atoms with E-state index in [9.17, 15) is 9.90 Å². The molecular formula is C26H32Cl3N5O2. The van der Waals surface area contributed by atoms with Crippen molar-refractivity contribution in [3.05, 3.63) is 44.5 Å². The third-order valence-corrected chi connectivity index (χ3v) is 9.26. The number of piperidine rings is 1. The molecule has 3 heterocycles. The molecule has 2 saturated heterocycles. The lowest BCUT2D eigenvalue weighted by atomic mass is 9.65. The molecule has 0 radical (unpaired) electrons. The van der Waals surface area contributed by atoms with E-state index < -0.39 is 11.4 Å². The van der Waals surface area contributed by atoms with Crippen molar-refractivity contribution in [3.63, 3.8) is 0 Å². The smallest absolute Gasteiger partial charge is 0.309 e. The van der Waals surface area contributed by atoms with Gasteiger partial charge >= 0.3 is 5.97 Å². The van der Waals surface area contributed by atoms with Gasteiger partial charge < -0.3 is 20.2 Å². The molecule has 0 unspecified atom stereocenters. The molecule has 2 N–H and O–H groups in total. The highest BCUT2D eigenvalue weighted by Gasteiger charge is 2.49. The van der Waals surface area contributed by atoms with Gasteiger partial charge in [0.25, 0.3) is 0 Å². The zero-order valence-corrected chi connectivity index (χ0v) is 22.9. The van der Waals surface area contributed by atoms with Gasteiger partial charge in [-0.2, -0.15) is 4.98 Å². The minimum Gasteiger partial charge on any atom is -0.481 e. The summed E-state index contributed by atoms with van der Waals surface area (Å²) >= 11 is 18.8. The molecule has 10 heteroatoms. The molecule has 1 aromatic carbocycles. The van der Waals surface area contributed by atoms with Crippen molar-refractivity contribution >= 4 is 52.5 Å². The second kappa shape index (κ2) is 10.2. The molecule has 1 aromatic heterocycles. The number of carboxylic acids is 1. The summed E-state index contributed by atoms with van der Waals surface area (Å²) in [5, 5.41) is 14.5. The van der Waals surface area contributed by atoms with Crippen molar-refractivity contribution in [1.29, 1.82) is 0 Å². The lowest BCUT2D eigenvalue weighted by Gasteiger charge is -2.52. The Balaban J connectivity index is 1.18. The number of likely N-dealkylation sites (tertiary alicyclic amines) is 1. The van der Waals surface area contributed by atoms with E-state index in [4.69, 9.17) is 39.8 Å². The first-order chi connectivity index (χ1) is 17.1. The van der Waals surface area contributed by atoms with E-state index in [1.54, 1.807) is 6.07 Å². The number of benzene rings is 1. The van der Waals surface area contributed by atoms with Crippen molar-refractivity contribution in [2.45, 2.75) is 52.1 Å². The minimum absolute atomic E-state index is 0.412. The molecule has 0 spiro atoms. The Morgan fingerprint density at radius 2 is 1.92 bits per heavy atom. The second-order valence-corrected chi connectivity index (χ2v) is 12.1. The van der Waals surface area contributed by atoms with Crippen LogP contribution in [0.4, 0.5) is 11.8 Å². The number of anilines is 2. The van der Waals surface area contributed by atoms with Crippen LogP contribution in [0.25, 0.3) is 0 Å². The Hall–Kier alpha value is -1.80. The zero-order chi connectivity index (χ0) is 25.6. The second-order valence-electron chi connectivity index (χ2n) is 10.9. The topological polar surface area (TPSA) is 81.6 Å². The Kier molecular flexibility index (Phi) is 7.29. The number of aryl methyl sites for hydroxylation is 1. The molecule has 0 amide bonds. The van der Waals surface area contributed by atoms with Gasteiger partial charge in [-0.15, -0.1) is 0 Å². The van der Waals surface area contributed by atoms with Gasteiger partial charge in [0, 0.05) is 42.3 Å². The molecule has 7 nitrogen and oxygen atoms in total. The molecule has 194 valence electrons. The predicted octanol–water partition coefficient (Wildman–Crippen LogP) is 5.76. The Bertz CT molecular complexity index is 1150. The number of rotatable bonds is 7. The van der Waals surface area contributed by atoms with Crippen LogP contribution in [-0.4, -0.2) is 58.2 Å². The van der Waals surface area contributed by atoms with Gasteiger partial charge in [0.1, 0.15) is 5.02 Å². The fraction of sp³-hybridized carbons (Fsp3) is 0.577. The number of hydrogen-bond donors (Lipinski definition) is 2. The maximum atomic E-state index is 11.5. The summed E-state index contributed by atoms with van der Waals surface area (Å²) < 4.78 is 0. The van der Waals surface area contributed by atoms with Gasteiger partial charge in [-0.3, -0.25) is 4.79 Å². The maximum absolute atomic E-state index is 11.5. The van der Waals surface area contributed by atoms with Gasteiger partial charge in [-0.05, 0) is 75.6 Å². The number of aliphatic carboxylic acids is 1. The molecule has 2 aromatic rings. The molecule has 2 aliphatic heterocycles. The van der Waals surface area contributed by atoms with Gasteiger partial charge in [0.05, 0.1) is 11.1 Å². The van der Waals surface area contributed by atoms with Crippen LogP contribution in [0.15, 0.2) is 18.2 Å². The Labute approximate surface area is 227 Å².